The van der Waals surface area contributed by atoms with Gasteiger partial charge in [-0.3, -0.25) is 0 Å². The Hall–Kier alpha value is -7.02. The molecule has 284 valence electrons. The molecule has 0 radical (unpaired) electrons. The third-order valence-electron chi connectivity index (χ3n) is 12.9. The van der Waals surface area contributed by atoms with Crippen LogP contribution in [0.4, 0.5) is 34.1 Å². The molecule has 0 aliphatic carbocycles. The monoisotopic (exact) mass is 787 g/mol. The Bertz CT molecular complexity index is 3570. The van der Waals surface area contributed by atoms with Crippen molar-refractivity contribution in [3.05, 3.63) is 181 Å². The molecule has 0 atom stereocenters. The molecule has 60 heavy (non-hydrogen) atoms. The van der Waals surface area contributed by atoms with Gasteiger partial charge in [-0.1, -0.05) is 124 Å². The van der Waals surface area contributed by atoms with E-state index in [9.17, 15) is 0 Å². The maximum atomic E-state index is 6.75. The molecule has 4 nitrogen and oxygen atoms in total. The lowest BCUT2D eigenvalue weighted by molar-refractivity contribution is 0.591. The summed E-state index contributed by atoms with van der Waals surface area (Å²) in [5.41, 5.74) is 16.3. The van der Waals surface area contributed by atoms with Crippen LogP contribution in [0.2, 0.25) is 0 Å². The summed E-state index contributed by atoms with van der Waals surface area (Å²) in [5.74, 6) is 0. The molecule has 0 amide bonds. The van der Waals surface area contributed by atoms with E-state index in [4.69, 9.17) is 4.42 Å². The van der Waals surface area contributed by atoms with E-state index in [0.29, 0.717) is 0 Å². The van der Waals surface area contributed by atoms with Crippen molar-refractivity contribution in [3.8, 4) is 5.69 Å². The molecule has 0 bridgehead atoms. The predicted molar refractivity (Wildman–Crippen MR) is 256 cm³/mol. The van der Waals surface area contributed by atoms with Gasteiger partial charge in [0.05, 0.1) is 22.4 Å². The Balaban J connectivity index is 1.13. The van der Waals surface area contributed by atoms with Crippen LogP contribution in [0.3, 0.4) is 0 Å². The highest BCUT2D eigenvalue weighted by Crippen LogP contribution is 2.50. The van der Waals surface area contributed by atoms with Crippen LogP contribution < -0.4 is 25.5 Å². The first-order chi connectivity index (χ1) is 29.4. The van der Waals surface area contributed by atoms with E-state index in [1.807, 2.05) is 11.3 Å². The van der Waals surface area contributed by atoms with Crippen LogP contribution >= 0.6 is 11.3 Å². The van der Waals surface area contributed by atoms with Crippen molar-refractivity contribution >= 4 is 122 Å². The lowest BCUT2D eigenvalue weighted by Gasteiger charge is -2.43. The Kier molecular flexibility index (Phi) is 6.93. The first-order valence-corrected chi connectivity index (χ1v) is 21.6. The van der Waals surface area contributed by atoms with E-state index in [1.165, 1.54) is 75.9 Å². The van der Waals surface area contributed by atoms with Crippen molar-refractivity contribution < 1.29 is 4.42 Å². The number of fused-ring (bicyclic) bond motifs is 12. The minimum Gasteiger partial charge on any atom is -0.454 e. The van der Waals surface area contributed by atoms with Gasteiger partial charge >= 0.3 is 0 Å². The van der Waals surface area contributed by atoms with Gasteiger partial charge in [0, 0.05) is 64.8 Å². The minimum absolute atomic E-state index is 0.00126. The minimum atomic E-state index is -0.00126. The average Bonchev–Trinajstić information content (AvgIpc) is 3.96. The van der Waals surface area contributed by atoms with E-state index < -0.39 is 0 Å². The first kappa shape index (κ1) is 33.9. The highest BCUT2D eigenvalue weighted by atomic mass is 32.1. The number of anilines is 6. The van der Waals surface area contributed by atoms with Gasteiger partial charge in [0.1, 0.15) is 5.58 Å². The van der Waals surface area contributed by atoms with E-state index in [2.05, 4.69) is 211 Å². The number of nitrogens with zero attached hydrogens (tertiary/aromatic N) is 3. The molecule has 8 aromatic carbocycles. The second-order valence-electron chi connectivity index (χ2n) is 17.3. The number of hydrogen-bond acceptors (Lipinski definition) is 4. The molecule has 0 N–H and O–H groups in total. The second-order valence-corrected chi connectivity index (χ2v) is 18.4. The van der Waals surface area contributed by atoms with Crippen molar-refractivity contribution in [3.63, 3.8) is 0 Å². The van der Waals surface area contributed by atoms with E-state index >= 15 is 0 Å². The zero-order valence-corrected chi connectivity index (χ0v) is 34.3. The maximum absolute atomic E-state index is 6.75. The zero-order chi connectivity index (χ0) is 39.9. The number of furan rings is 1. The molecule has 2 aliphatic heterocycles. The molecular formula is C54H38BN3OS. The highest BCUT2D eigenvalue weighted by molar-refractivity contribution is 7.33. The molecule has 13 rings (SSSR count). The van der Waals surface area contributed by atoms with Crippen LogP contribution in [0.1, 0.15) is 26.3 Å². The third kappa shape index (κ3) is 4.62. The Morgan fingerprint density at radius 3 is 2.05 bits per heavy atom. The van der Waals surface area contributed by atoms with Crippen LogP contribution in [0.15, 0.2) is 180 Å². The number of benzene rings is 8. The number of thiophene rings is 1. The molecule has 0 saturated carbocycles. The summed E-state index contributed by atoms with van der Waals surface area (Å²) >= 11 is 1.95. The zero-order valence-electron chi connectivity index (χ0n) is 33.5. The average molecular weight is 788 g/mol. The normalized spacial score (nSPS) is 13.5. The van der Waals surface area contributed by atoms with E-state index in [0.717, 1.165) is 39.0 Å². The summed E-state index contributed by atoms with van der Waals surface area (Å²) in [4.78, 5) is 5.04. The van der Waals surface area contributed by atoms with E-state index in [-0.39, 0.29) is 12.1 Å². The lowest BCUT2D eigenvalue weighted by atomic mass is 9.36. The summed E-state index contributed by atoms with van der Waals surface area (Å²) < 4.78 is 11.9. The van der Waals surface area contributed by atoms with Gasteiger partial charge in [-0.15, -0.1) is 11.3 Å². The van der Waals surface area contributed by atoms with Crippen molar-refractivity contribution in [1.29, 1.82) is 0 Å². The van der Waals surface area contributed by atoms with Crippen LogP contribution in [0.25, 0.3) is 59.5 Å². The molecule has 0 unspecified atom stereocenters. The summed E-state index contributed by atoms with van der Waals surface area (Å²) in [7, 11) is 0. The van der Waals surface area contributed by atoms with Crippen molar-refractivity contribution in [2.75, 3.05) is 9.80 Å². The van der Waals surface area contributed by atoms with Crippen LogP contribution in [0.5, 0.6) is 0 Å². The van der Waals surface area contributed by atoms with Crippen molar-refractivity contribution in [2.24, 2.45) is 0 Å². The Morgan fingerprint density at radius 1 is 0.500 bits per heavy atom. The summed E-state index contributed by atoms with van der Waals surface area (Å²) in [6, 6.07) is 64.7. The quantitative estimate of drug-likeness (QED) is 0.167. The van der Waals surface area contributed by atoms with Gasteiger partial charge in [0.15, 0.2) is 5.58 Å². The van der Waals surface area contributed by atoms with Crippen LogP contribution in [0, 0.1) is 0 Å². The number of rotatable bonds is 3. The van der Waals surface area contributed by atoms with Gasteiger partial charge in [-0.05, 0) is 94.7 Å². The fraction of sp³-hybridized carbons (Fsp3) is 0.0741. The molecule has 0 spiro atoms. The van der Waals surface area contributed by atoms with Gasteiger partial charge in [-0.2, -0.15) is 0 Å². The molecule has 2 aliphatic rings. The number of aromatic nitrogens is 1. The Labute approximate surface area is 352 Å². The fourth-order valence-corrected chi connectivity index (χ4v) is 11.5. The fourth-order valence-electron chi connectivity index (χ4n) is 10.2. The van der Waals surface area contributed by atoms with Crippen LogP contribution in [-0.4, -0.2) is 11.3 Å². The van der Waals surface area contributed by atoms with Gasteiger partial charge < -0.3 is 18.8 Å². The number of para-hydroxylation sites is 5. The topological polar surface area (TPSA) is 24.6 Å². The molecule has 5 heterocycles. The molecule has 6 heteroatoms. The first-order valence-electron chi connectivity index (χ1n) is 20.8. The van der Waals surface area contributed by atoms with Crippen molar-refractivity contribution in [2.45, 2.75) is 26.2 Å². The van der Waals surface area contributed by atoms with Crippen molar-refractivity contribution in [1.82, 2.24) is 4.57 Å². The summed E-state index contributed by atoms with van der Waals surface area (Å²) in [6.07, 6.45) is 0. The third-order valence-corrected chi connectivity index (χ3v) is 14.1. The Morgan fingerprint density at radius 2 is 1.18 bits per heavy atom. The molecular weight excluding hydrogens is 749 g/mol. The SMILES string of the molecule is CC(C)(C)c1ccc2sc3c(c2c1)N(c1ccc2c4ccccc4n(-c4ccccc4)c2c1)c1cccc2c1B3c1ccccc1N2c1cccc2c1oc1ccccc12. The summed E-state index contributed by atoms with van der Waals surface area (Å²) in [5, 5.41) is 6.05. The number of hydrogen-bond donors (Lipinski definition) is 0. The molecule has 0 saturated heterocycles. The van der Waals surface area contributed by atoms with Crippen LogP contribution in [-0.2, 0) is 5.41 Å². The second kappa shape index (κ2) is 12.3. The largest absolute Gasteiger partial charge is 0.454 e. The van der Waals surface area contributed by atoms with Gasteiger partial charge in [-0.25, -0.2) is 0 Å². The predicted octanol–water partition coefficient (Wildman–Crippen LogP) is 13.3. The smallest absolute Gasteiger partial charge is 0.264 e. The van der Waals surface area contributed by atoms with Gasteiger partial charge in [0.2, 0.25) is 0 Å². The summed E-state index contributed by atoms with van der Waals surface area (Å²) in [6.45, 7) is 6.99. The standard InChI is InChI=1S/C54H38BN3OS/c1-54(2,3)33-27-30-49-40(31-33)51-53(60-49)55-41-20-9-11-22-43(41)58(46-25-13-19-39-38-18-8-12-26-48(38)59-52(39)46)45-24-14-23-44(50(45)55)57(51)35-28-29-37-36-17-7-10-21-42(36)56(47(37)32-35)34-15-5-4-6-16-34/h4-32H,1-3H3. The maximum Gasteiger partial charge on any atom is 0.264 e. The van der Waals surface area contributed by atoms with E-state index in [1.54, 1.807) is 0 Å². The highest BCUT2D eigenvalue weighted by Gasteiger charge is 2.45. The molecule has 3 aromatic heterocycles. The molecule has 0 fully saturated rings. The van der Waals surface area contributed by atoms with Gasteiger partial charge in [0.25, 0.3) is 6.71 Å². The lowest BCUT2D eigenvalue weighted by Crippen LogP contribution is -2.60. The molecule has 11 aromatic rings.